The van der Waals surface area contributed by atoms with Crippen LogP contribution in [-0.4, -0.2) is 18.2 Å². The minimum atomic E-state index is -4.54. The summed E-state index contributed by atoms with van der Waals surface area (Å²) in [5, 5.41) is 0. The van der Waals surface area contributed by atoms with Gasteiger partial charge in [0, 0.05) is 13.8 Å². The summed E-state index contributed by atoms with van der Waals surface area (Å²) in [7, 11) is 0. The number of benzene rings is 1. The summed E-state index contributed by atoms with van der Waals surface area (Å²) in [6.45, 7) is 2.40. The van der Waals surface area contributed by atoms with Gasteiger partial charge in [0.2, 0.25) is 6.29 Å². The Balaban J connectivity index is 2.80. The lowest BCUT2D eigenvalue weighted by molar-refractivity contribution is -0.162. The fraction of sp³-hybridized carbons (Fsp3) is 0.333. The van der Waals surface area contributed by atoms with Crippen LogP contribution in [0.3, 0.4) is 0 Å². The number of hydrogen-bond acceptors (Lipinski definition) is 4. The van der Waals surface area contributed by atoms with Crippen molar-refractivity contribution in [3.63, 3.8) is 0 Å². The Morgan fingerprint density at radius 2 is 1.84 bits per heavy atom. The van der Waals surface area contributed by atoms with E-state index < -0.39 is 30.0 Å². The van der Waals surface area contributed by atoms with Crippen molar-refractivity contribution in [1.82, 2.24) is 0 Å². The third kappa shape index (κ3) is 4.61. The number of hydrogen-bond donors (Lipinski definition) is 0. The van der Waals surface area contributed by atoms with Crippen molar-refractivity contribution in [3.8, 4) is 0 Å². The quantitative estimate of drug-likeness (QED) is 0.629. The van der Waals surface area contributed by atoms with Crippen LogP contribution in [0.5, 0.6) is 0 Å². The van der Waals surface area contributed by atoms with E-state index in [-0.39, 0.29) is 5.56 Å². The Bertz CT molecular complexity index is 482. The molecule has 0 aliphatic rings. The third-order valence-corrected chi connectivity index (χ3v) is 2.03. The van der Waals surface area contributed by atoms with Gasteiger partial charge in [-0.15, -0.1) is 0 Å². The van der Waals surface area contributed by atoms with Gasteiger partial charge in [-0.1, -0.05) is 6.07 Å². The summed E-state index contributed by atoms with van der Waals surface area (Å²) in [5.74, 6) is -1.66. The predicted octanol–water partition coefficient (Wildman–Crippen LogP) is 2.77. The minimum Gasteiger partial charge on any atom is -0.426 e. The molecular weight excluding hydrogens is 265 g/mol. The van der Waals surface area contributed by atoms with E-state index in [0.29, 0.717) is 6.07 Å². The first kappa shape index (κ1) is 15.0. The van der Waals surface area contributed by atoms with Gasteiger partial charge in [0.25, 0.3) is 0 Å². The lowest BCUT2D eigenvalue weighted by Crippen LogP contribution is -2.20. The maximum Gasteiger partial charge on any atom is 0.416 e. The molecule has 1 unspecified atom stereocenters. The number of alkyl halides is 3. The first-order valence-electron chi connectivity index (χ1n) is 5.25. The van der Waals surface area contributed by atoms with Gasteiger partial charge < -0.3 is 9.47 Å². The second-order valence-corrected chi connectivity index (χ2v) is 3.66. The van der Waals surface area contributed by atoms with Crippen molar-refractivity contribution in [2.75, 3.05) is 0 Å². The van der Waals surface area contributed by atoms with Crippen molar-refractivity contribution in [2.24, 2.45) is 0 Å². The van der Waals surface area contributed by atoms with Crippen molar-refractivity contribution >= 4 is 11.9 Å². The average molecular weight is 276 g/mol. The maximum absolute atomic E-state index is 12.4. The van der Waals surface area contributed by atoms with E-state index in [1.165, 1.54) is 13.0 Å². The van der Waals surface area contributed by atoms with E-state index in [2.05, 4.69) is 9.47 Å². The van der Waals surface area contributed by atoms with Crippen LogP contribution in [0, 0.1) is 0 Å². The van der Waals surface area contributed by atoms with Crippen molar-refractivity contribution < 1.29 is 32.2 Å². The highest BCUT2D eigenvalue weighted by atomic mass is 19.4. The molecular formula is C12H11F3O4. The molecule has 4 nitrogen and oxygen atoms in total. The van der Waals surface area contributed by atoms with Crippen molar-refractivity contribution in [1.29, 1.82) is 0 Å². The van der Waals surface area contributed by atoms with Gasteiger partial charge >= 0.3 is 18.1 Å². The third-order valence-electron chi connectivity index (χ3n) is 2.03. The van der Waals surface area contributed by atoms with E-state index >= 15 is 0 Å². The number of rotatable bonds is 3. The lowest BCUT2D eigenvalue weighted by atomic mass is 10.1. The number of esters is 2. The average Bonchev–Trinajstić information content (AvgIpc) is 2.26. The van der Waals surface area contributed by atoms with Crippen LogP contribution >= 0.6 is 0 Å². The first-order chi connectivity index (χ1) is 8.70. The molecule has 0 aliphatic heterocycles. The Hall–Kier alpha value is -2.05. The first-order valence-corrected chi connectivity index (χ1v) is 5.25. The summed E-state index contributed by atoms with van der Waals surface area (Å²) < 4.78 is 46.5. The molecule has 0 spiro atoms. The highest BCUT2D eigenvalue weighted by Gasteiger charge is 2.31. The summed E-state index contributed by atoms with van der Waals surface area (Å²) in [5.41, 5.74) is -1.23. The number of carbonyl (C=O) groups excluding carboxylic acids is 2. The molecule has 0 amide bonds. The molecule has 0 heterocycles. The van der Waals surface area contributed by atoms with Crippen molar-refractivity contribution in [3.05, 3.63) is 35.4 Å². The van der Waals surface area contributed by atoms with Crippen molar-refractivity contribution in [2.45, 2.75) is 26.3 Å². The van der Waals surface area contributed by atoms with E-state index in [0.717, 1.165) is 19.1 Å². The topological polar surface area (TPSA) is 52.6 Å². The maximum atomic E-state index is 12.4. The molecule has 0 bridgehead atoms. The fourth-order valence-electron chi connectivity index (χ4n) is 1.30. The van der Waals surface area contributed by atoms with Crippen LogP contribution in [0.15, 0.2) is 24.3 Å². The summed E-state index contributed by atoms with van der Waals surface area (Å²) in [6.07, 6.45) is -5.71. The lowest BCUT2D eigenvalue weighted by Gasteiger charge is -2.13. The van der Waals surface area contributed by atoms with Gasteiger partial charge in [-0.25, -0.2) is 4.79 Å². The van der Waals surface area contributed by atoms with Gasteiger partial charge in [-0.2, -0.15) is 13.2 Å². The molecule has 1 atom stereocenters. The zero-order valence-electron chi connectivity index (χ0n) is 10.2. The van der Waals surface area contributed by atoms with Crippen LogP contribution in [-0.2, 0) is 20.4 Å². The molecule has 104 valence electrons. The summed E-state index contributed by atoms with van der Waals surface area (Å²) in [6, 6.07) is 3.78. The summed E-state index contributed by atoms with van der Waals surface area (Å²) in [4.78, 5) is 22.1. The Morgan fingerprint density at radius 3 is 2.37 bits per heavy atom. The molecule has 0 fully saturated rings. The second kappa shape index (κ2) is 5.73. The smallest absolute Gasteiger partial charge is 0.416 e. The monoisotopic (exact) mass is 276 g/mol. The second-order valence-electron chi connectivity index (χ2n) is 3.66. The molecule has 0 aliphatic carbocycles. The molecule has 7 heteroatoms. The van der Waals surface area contributed by atoms with Crippen LogP contribution < -0.4 is 0 Å². The van der Waals surface area contributed by atoms with Gasteiger partial charge in [-0.3, -0.25) is 4.79 Å². The highest BCUT2D eigenvalue weighted by Crippen LogP contribution is 2.29. The number of carbonyl (C=O) groups is 2. The van der Waals surface area contributed by atoms with E-state index in [1.807, 2.05) is 0 Å². The molecule has 0 radical (unpaired) electrons. The largest absolute Gasteiger partial charge is 0.426 e. The van der Waals surface area contributed by atoms with Gasteiger partial charge in [0.1, 0.15) is 0 Å². The van der Waals surface area contributed by atoms with E-state index in [9.17, 15) is 22.8 Å². The molecule has 0 saturated carbocycles. The number of ether oxygens (including phenoxy) is 2. The zero-order chi connectivity index (χ0) is 14.6. The van der Waals surface area contributed by atoms with Crippen LogP contribution in [0.2, 0.25) is 0 Å². The molecule has 1 rings (SSSR count). The minimum absolute atomic E-state index is 0.270. The molecule has 0 aromatic heterocycles. The van der Waals surface area contributed by atoms with E-state index in [4.69, 9.17) is 0 Å². The summed E-state index contributed by atoms with van der Waals surface area (Å²) >= 11 is 0. The zero-order valence-corrected chi connectivity index (χ0v) is 10.2. The Morgan fingerprint density at radius 1 is 1.21 bits per heavy atom. The molecule has 1 aromatic carbocycles. The normalized spacial score (nSPS) is 12.7. The molecule has 0 N–H and O–H groups in total. The predicted molar refractivity (Wildman–Crippen MR) is 58.1 cm³/mol. The Kier molecular flexibility index (Phi) is 4.52. The fourth-order valence-corrected chi connectivity index (χ4v) is 1.30. The van der Waals surface area contributed by atoms with E-state index in [1.54, 1.807) is 0 Å². The van der Waals surface area contributed by atoms with Gasteiger partial charge in [-0.05, 0) is 18.2 Å². The SMILES string of the molecule is CC(=O)OC(C)OC(=O)c1cccc(C(F)(F)F)c1. The van der Waals surface area contributed by atoms with Crippen LogP contribution in [0.4, 0.5) is 13.2 Å². The molecule has 1 aromatic rings. The number of halogens is 3. The molecule has 19 heavy (non-hydrogen) atoms. The molecule has 0 saturated heterocycles. The highest BCUT2D eigenvalue weighted by molar-refractivity contribution is 5.89. The van der Waals surface area contributed by atoms with Crippen LogP contribution in [0.25, 0.3) is 0 Å². The van der Waals surface area contributed by atoms with Gasteiger partial charge in [0.15, 0.2) is 0 Å². The van der Waals surface area contributed by atoms with Gasteiger partial charge in [0.05, 0.1) is 11.1 Å². The van der Waals surface area contributed by atoms with Crippen LogP contribution in [0.1, 0.15) is 29.8 Å². The standard InChI is InChI=1S/C12H11F3O4/c1-7(16)18-8(2)19-11(17)9-4-3-5-10(6-9)12(13,14)15/h3-6,8H,1-2H3. The Labute approximate surface area is 107 Å².